The molecular weight excluding hydrogens is 124 g/mol. The smallest absolute Gasteiger partial charge is 0.329 e. The van der Waals surface area contributed by atoms with Crippen molar-refractivity contribution in [3.05, 3.63) is 19.4 Å². The van der Waals surface area contributed by atoms with Crippen LogP contribution in [0.2, 0.25) is 0 Å². The summed E-state index contributed by atoms with van der Waals surface area (Å²) >= 11 is 0. The molecule has 0 saturated heterocycles. The van der Waals surface area contributed by atoms with Crippen LogP contribution in [0.5, 0.6) is 0 Å². The third-order valence-corrected chi connectivity index (χ3v) is 0.368. The summed E-state index contributed by atoms with van der Waals surface area (Å²) in [5.74, 6) is -0.394. The van der Waals surface area contributed by atoms with Gasteiger partial charge in [-0.25, -0.2) is 4.79 Å². The quantitative estimate of drug-likeness (QED) is 0.396. The SMILES string of the molecule is C=CC(=O)OC.O[CH]O. The number of rotatable bonds is 1. The maximum Gasteiger partial charge on any atom is 0.329 e. The molecule has 1 radical (unpaired) electrons. The van der Waals surface area contributed by atoms with Gasteiger partial charge in [0, 0.05) is 6.08 Å². The van der Waals surface area contributed by atoms with Crippen LogP contribution in [0.4, 0.5) is 0 Å². The maximum absolute atomic E-state index is 9.84. The predicted octanol–water partition coefficient (Wildman–Crippen LogP) is 0.196. The summed E-state index contributed by atoms with van der Waals surface area (Å²) in [6.45, 7) is 3.16. The lowest BCUT2D eigenvalue weighted by Gasteiger charge is -1.83. The van der Waals surface area contributed by atoms with Crippen molar-refractivity contribution in [3.8, 4) is 0 Å². The Bertz CT molecular complexity index is 79.0. The number of hydrogen-bond donors (Lipinski definition) is 2. The molecule has 0 atom stereocenters. The van der Waals surface area contributed by atoms with E-state index in [1.54, 1.807) is 0 Å². The van der Waals surface area contributed by atoms with Crippen molar-refractivity contribution in [3.63, 3.8) is 0 Å². The lowest BCUT2D eigenvalue weighted by Crippen LogP contribution is -1.91. The molecule has 0 aromatic rings. The van der Waals surface area contributed by atoms with Gasteiger partial charge in [0.25, 0.3) is 0 Å². The Morgan fingerprint density at radius 3 is 2.00 bits per heavy atom. The van der Waals surface area contributed by atoms with E-state index < -0.39 is 5.97 Å². The van der Waals surface area contributed by atoms with E-state index >= 15 is 0 Å². The lowest BCUT2D eigenvalue weighted by atomic mass is 10.7. The minimum absolute atomic E-state index is 0. The van der Waals surface area contributed by atoms with Gasteiger partial charge in [-0.3, -0.25) is 0 Å². The van der Waals surface area contributed by atoms with E-state index in [0.717, 1.165) is 6.08 Å². The van der Waals surface area contributed by atoms with Gasteiger partial charge in [0.15, 0.2) is 0 Å². The molecule has 0 aliphatic rings. The first-order valence-corrected chi connectivity index (χ1v) is 2.03. The van der Waals surface area contributed by atoms with Crippen LogP contribution in [0.3, 0.4) is 0 Å². The Morgan fingerprint density at radius 2 is 2.00 bits per heavy atom. The van der Waals surface area contributed by atoms with Crippen LogP contribution in [-0.2, 0) is 9.53 Å². The minimum atomic E-state index is -0.394. The highest BCUT2D eigenvalue weighted by Gasteiger charge is 1.81. The fourth-order valence-electron chi connectivity index (χ4n) is 0.0833. The molecule has 0 spiro atoms. The molecule has 0 saturated carbocycles. The van der Waals surface area contributed by atoms with E-state index in [0.29, 0.717) is 0 Å². The van der Waals surface area contributed by atoms with Crippen molar-refractivity contribution in [2.45, 2.75) is 0 Å². The molecule has 0 rings (SSSR count). The molecule has 0 aliphatic heterocycles. The van der Waals surface area contributed by atoms with Gasteiger partial charge in [0.1, 0.15) is 0 Å². The summed E-state index contributed by atoms with van der Waals surface area (Å²) in [7, 11) is 1.31. The number of esters is 1. The summed E-state index contributed by atoms with van der Waals surface area (Å²) in [5.41, 5.74) is 0. The third kappa shape index (κ3) is 19.2. The molecule has 0 aromatic carbocycles. The van der Waals surface area contributed by atoms with Crippen LogP contribution in [0.15, 0.2) is 12.7 Å². The zero-order valence-corrected chi connectivity index (χ0v) is 5.07. The molecule has 0 bridgehead atoms. The first-order chi connectivity index (χ1) is 4.22. The summed E-state index contributed by atoms with van der Waals surface area (Å²) in [6.07, 6.45) is 1.11. The number of hydrogen-bond acceptors (Lipinski definition) is 4. The van der Waals surface area contributed by atoms with Crippen LogP contribution in [0, 0.1) is 6.79 Å². The second-order valence-corrected chi connectivity index (χ2v) is 0.843. The van der Waals surface area contributed by atoms with Gasteiger partial charge in [0.05, 0.1) is 7.11 Å². The molecule has 9 heavy (non-hydrogen) atoms. The average molecular weight is 133 g/mol. The molecule has 2 N–H and O–H groups in total. The Balaban J connectivity index is 0. The monoisotopic (exact) mass is 133 g/mol. The fourth-order valence-corrected chi connectivity index (χ4v) is 0.0833. The Kier molecular flexibility index (Phi) is 12.4. The van der Waals surface area contributed by atoms with E-state index in [4.69, 9.17) is 10.2 Å². The van der Waals surface area contributed by atoms with Gasteiger partial charge < -0.3 is 14.9 Å². The number of carbonyl (C=O) groups is 1. The molecule has 4 heteroatoms. The zero-order chi connectivity index (χ0) is 7.70. The van der Waals surface area contributed by atoms with Crippen molar-refractivity contribution >= 4 is 5.97 Å². The van der Waals surface area contributed by atoms with E-state index in [-0.39, 0.29) is 6.79 Å². The van der Waals surface area contributed by atoms with Gasteiger partial charge in [-0.05, 0) is 0 Å². The van der Waals surface area contributed by atoms with Gasteiger partial charge in [-0.1, -0.05) is 6.58 Å². The van der Waals surface area contributed by atoms with Crippen molar-refractivity contribution in [2.24, 2.45) is 0 Å². The van der Waals surface area contributed by atoms with E-state index in [1.807, 2.05) is 0 Å². The number of carbonyl (C=O) groups excluding carboxylic acids is 1. The fraction of sp³-hybridized carbons (Fsp3) is 0.200. The highest BCUT2D eigenvalue weighted by molar-refractivity contribution is 5.80. The van der Waals surface area contributed by atoms with Gasteiger partial charge in [0.2, 0.25) is 6.79 Å². The molecule has 0 fully saturated rings. The largest absolute Gasteiger partial charge is 0.466 e. The Hall–Kier alpha value is -0.870. The minimum Gasteiger partial charge on any atom is -0.466 e. The van der Waals surface area contributed by atoms with Crippen LogP contribution < -0.4 is 0 Å². The zero-order valence-electron chi connectivity index (χ0n) is 5.07. The molecule has 53 valence electrons. The number of methoxy groups -OCH3 is 1. The van der Waals surface area contributed by atoms with Gasteiger partial charge in [-0.2, -0.15) is 0 Å². The van der Waals surface area contributed by atoms with Gasteiger partial charge in [-0.15, -0.1) is 0 Å². The van der Waals surface area contributed by atoms with Crippen LogP contribution in [0.25, 0.3) is 0 Å². The topological polar surface area (TPSA) is 66.8 Å². The molecule has 0 unspecified atom stereocenters. The Morgan fingerprint density at radius 1 is 1.67 bits per heavy atom. The van der Waals surface area contributed by atoms with Crippen LogP contribution >= 0.6 is 0 Å². The summed E-state index contributed by atoms with van der Waals surface area (Å²) in [6, 6.07) is 0. The van der Waals surface area contributed by atoms with E-state index in [1.165, 1.54) is 7.11 Å². The molecule has 0 aliphatic carbocycles. The predicted molar refractivity (Wildman–Crippen MR) is 30.4 cm³/mol. The van der Waals surface area contributed by atoms with E-state index in [2.05, 4.69) is 11.3 Å². The van der Waals surface area contributed by atoms with Crippen molar-refractivity contribution in [1.29, 1.82) is 0 Å². The molecular formula is C5H9O4. The standard InChI is InChI=1S/C4H6O2.CH3O2/c1-3-4(5)6-2;2-1-3/h3H,1H2,2H3;1-3H. The first kappa shape index (κ1) is 11.0. The highest BCUT2D eigenvalue weighted by atomic mass is 16.5. The maximum atomic E-state index is 9.84. The van der Waals surface area contributed by atoms with Crippen molar-refractivity contribution < 1.29 is 19.7 Å². The number of aliphatic hydroxyl groups is 2. The molecule has 0 aromatic heterocycles. The first-order valence-electron chi connectivity index (χ1n) is 2.03. The summed E-state index contributed by atoms with van der Waals surface area (Å²) < 4.78 is 4.14. The Labute approximate surface area is 53.4 Å². The number of ether oxygens (including phenoxy) is 1. The number of aliphatic hydroxyl groups excluding tert-OH is 1. The van der Waals surface area contributed by atoms with Crippen LogP contribution in [0.1, 0.15) is 0 Å². The average Bonchev–Trinajstić information content (AvgIpc) is 1.88. The van der Waals surface area contributed by atoms with Crippen molar-refractivity contribution in [1.82, 2.24) is 0 Å². The van der Waals surface area contributed by atoms with E-state index in [9.17, 15) is 4.79 Å². The normalized spacial score (nSPS) is 6.56. The van der Waals surface area contributed by atoms with Crippen molar-refractivity contribution in [2.75, 3.05) is 7.11 Å². The third-order valence-electron chi connectivity index (χ3n) is 0.368. The molecule has 0 heterocycles. The summed E-state index contributed by atoms with van der Waals surface area (Å²) in [4.78, 5) is 9.84. The van der Waals surface area contributed by atoms with Crippen LogP contribution in [-0.4, -0.2) is 23.3 Å². The highest BCUT2D eigenvalue weighted by Crippen LogP contribution is 1.67. The summed E-state index contributed by atoms with van der Waals surface area (Å²) in [5, 5.41) is 14.0. The molecule has 0 amide bonds. The molecule has 4 nitrogen and oxygen atoms in total. The second-order valence-electron chi connectivity index (χ2n) is 0.843. The second kappa shape index (κ2) is 10.2. The lowest BCUT2D eigenvalue weighted by molar-refractivity contribution is -0.134. The van der Waals surface area contributed by atoms with Gasteiger partial charge >= 0.3 is 5.97 Å².